The molecule has 170 valence electrons. The van der Waals surface area contributed by atoms with Gasteiger partial charge in [0.05, 0.1) is 10.5 Å². The van der Waals surface area contributed by atoms with Crippen LogP contribution in [0.25, 0.3) is 0 Å². The molecule has 32 heavy (non-hydrogen) atoms. The summed E-state index contributed by atoms with van der Waals surface area (Å²) in [7, 11) is 0. The molecule has 1 aliphatic rings. The second-order valence-electron chi connectivity index (χ2n) is 8.33. The van der Waals surface area contributed by atoms with Gasteiger partial charge in [-0.15, -0.1) is 0 Å². The predicted molar refractivity (Wildman–Crippen MR) is 123 cm³/mol. The number of nitro groups is 1. The molecule has 0 bridgehead atoms. The van der Waals surface area contributed by atoms with Gasteiger partial charge in [-0.25, -0.2) is 4.79 Å². The van der Waals surface area contributed by atoms with Gasteiger partial charge >= 0.3 is 5.97 Å². The van der Waals surface area contributed by atoms with E-state index in [2.05, 4.69) is 5.32 Å². The van der Waals surface area contributed by atoms with E-state index in [4.69, 9.17) is 4.74 Å². The Bertz CT molecular complexity index is 1010. The van der Waals surface area contributed by atoms with Crippen LogP contribution >= 0.6 is 0 Å². The van der Waals surface area contributed by atoms with Crippen molar-refractivity contribution in [3.63, 3.8) is 0 Å². The van der Waals surface area contributed by atoms with Crippen molar-refractivity contribution < 1.29 is 19.2 Å². The number of nitrogens with zero attached hydrogens (tertiary/aromatic N) is 2. The average Bonchev–Trinajstić information content (AvgIpc) is 2.78. The molecule has 2 aromatic carbocycles. The van der Waals surface area contributed by atoms with Gasteiger partial charge in [-0.3, -0.25) is 14.9 Å². The fraction of sp³-hybridized carbons (Fsp3) is 0.417. The Morgan fingerprint density at radius 3 is 2.53 bits per heavy atom. The largest absolute Gasteiger partial charge is 0.452 e. The van der Waals surface area contributed by atoms with Crippen LogP contribution in [0.1, 0.15) is 60.5 Å². The standard InChI is InChI=1S/C24H29N3O5/c1-16(2)19-9-7-8-17(3)23(19)25-22(28)15-32-24(29)18-10-11-20(21(14-18)27(30)31)26-12-5-4-6-13-26/h7-11,14,16H,4-6,12-13,15H2,1-3H3,(H,25,28). The van der Waals surface area contributed by atoms with E-state index < -0.39 is 23.4 Å². The molecule has 0 unspecified atom stereocenters. The number of para-hydroxylation sites is 1. The van der Waals surface area contributed by atoms with Gasteiger partial charge in [-0.05, 0) is 55.4 Å². The van der Waals surface area contributed by atoms with Gasteiger partial charge in [-0.1, -0.05) is 32.0 Å². The molecule has 1 heterocycles. The minimum Gasteiger partial charge on any atom is -0.452 e. The smallest absolute Gasteiger partial charge is 0.338 e. The lowest BCUT2D eigenvalue weighted by molar-refractivity contribution is -0.384. The number of benzene rings is 2. The number of anilines is 2. The van der Waals surface area contributed by atoms with Gasteiger partial charge in [0.15, 0.2) is 6.61 Å². The first-order valence-electron chi connectivity index (χ1n) is 10.9. The Hall–Kier alpha value is -3.42. The van der Waals surface area contributed by atoms with Crippen molar-refractivity contribution in [3.05, 3.63) is 63.2 Å². The highest BCUT2D eigenvalue weighted by molar-refractivity contribution is 5.97. The molecule has 2 aromatic rings. The molecule has 8 nitrogen and oxygen atoms in total. The normalized spacial score (nSPS) is 13.7. The summed E-state index contributed by atoms with van der Waals surface area (Å²) in [5.41, 5.74) is 3.04. The van der Waals surface area contributed by atoms with Crippen molar-refractivity contribution in [3.8, 4) is 0 Å². The molecule has 0 spiro atoms. The molecule has 3 rings (SSSR count). The SMILES string of the molecule is Cc1cccc(C(C)C)c1NC(=O)COC(=O)c1ccc(N2CCCCC2)c([N+](=O)[O-])c1. The first-order valence-corrected chi connectivity index (χ1v) is 10.9. The number of hydrogen-bond acceptors (Lipinski definition) is 6. The molecule has 1 fully saturated rings. The Balaban J connectivity index is 1.68. The lowest BCUT2D eigenvalue weighted by atomic mass is 9.98. The number of ether oxygens (including phenoxy) is 1. The average molecular weight is 440 g/mol. The number of carbonyl (C=O) groups is 2. The number of rotatable bonds is 7. The number of amides is 1. The van der Waals surface area contributed by atoms with E-state index in [0.717, 1.165) is 43.5 Å². The third-order valence-electron chi connectivity index (χ3n) is 5.63. The highest BCUT2D eigenvalue weighted by Gasteiger charge is 2.24. The lowest BCUT2D eigenvalue weighted by Gasteiger charge is -2.28. The van der Waals surface area contributed by atoms with Crippen molar-refractivity contribution in [1.82, 2.24) is 0 Å². The molecule has 0 saturated carbocycles. The number of nitrogens with one attached hydrogen (secondary N) is 1. The van der Waals surface area contributed by atoms with Gasteiger partial charge in [0, 0.05) is 24.8 Å². The lowest BCUT2D eigenvalue weighted by Crippen LogP contribution is -2.30. The van der Waals surface area contributed by atoms with Crippen LogP contribution in [0.4, 0.5) is 17.1 Å². The summed E-state index contributed by atoms with van der Waals surface area (Å²) in [4.78, 5) is 37.9. The number of hydrogen-bond donors (Lipinski definition) is 1. The molecule has 0 aliphatic carbocycles. The summed E-state index contributed by atoms with van der Waals surface area (Å²) in [6, 6.07) is 10.1. The van der Waals surface area contributed by atoms with Crippen LogP contribution in [0.3, 0.4) is 0 Å². The summed E-state index contributed by atoms with van der Waals surface area (Å²) >= 11 is 0. The van der Waals surface area contributed by atoms with E-state index in [9.17, 15) is 19.7 Å². The zero-order valence-electron chi connectivity index (χ0n) is 18.7. The van der Waals surface area contributed by atoms with Crippen LogP contribution in [0, 0.1) is 17.0 Å². The molecule has 0 radical (unpaired) electrons. The number of carbonyl (C=O) groups excluding carboxylic acids is 2. The van der Waals surface area contributed by atoms with Gasteiger partial charge < -0.3 is 15.0 Å². The first-order chi connectivity index (χ1) is 15.3. The minimum atomic E-state index is -0.776. The van der Waals surface area contributed by atoms with Crippen LogP contribution in [0.2, 0.25) is 0 Å². The molecular weight excluding hydrogens is 410 g/mol. The van der Waals surface area contributed by atoms with Crippen molar-refractivity contribution in [2.45, 2.75) is 46.0 Å². The Kier molecular flexibility index (Phi) is 7.45. The van der Waals surface area contributed by atoms with Crippen molar-refractivity contribution >= 4 is 28.9 Å². The van der Waals surface area contributed by atoms with Crippen molar-refractivity contribution in [1.29, 1.82) is 0 Å². The summed E-state index contributed by atoms with van der Waals surface area (Å²) in [6.07, 6.45) is 3.07. The number of nitro benzene ring substituents is 1. The van der Waals surface area contributed by atoms with Gasteiger partial charge in [0.2, 0.25) is 0 Å². The zero-order chi connectivity index (χ0) is 23.3. The van der Waals surface area contributed by atoms with Gasteiger partial charge in [-0.2, -0.15) is 0 Å². The second-order valence-corrected chi connectivity index (χ2v) is 8.33. The van der Waals surface area contributed by atoms with Crippen LogP contribution < -0.4 is 10.2 Å². The maximum atomic E-state index is 12.5. The molecule has 1 amide bonds. The highest BCUT2D eigenvalue weighted by Crippen LogP contribution is 2.31. The predicted octanol–water partition coefficient (Wildman–Crippen LogP) is 4.81. The molecule has 1 saturated heterocycles. The quantitative estimate of drug-likeness (QED) is 0.377. The molecule has 8 heteroatoms. The molecular formula is C24H29N3O5. The topological polar surface area (TPSA) is 102 Å². The fourth-order valence-electron chi connectivity index (χ4n) is 3.93. The molecule has 1 aliphatic heterocycles. The highest BCUT2D eigenvalue weighted by atomic mass is 16.6. The first kappa shape index (κ1) is 23.2. The van der Waals surface area contributed by atoms with E-state index in [0.29, 0.717) is 11.4 Å². The summed E-state index contributed by atoms with van der Waals surface area (Å²) < 4.78 is 5.14. The van der Waals surface area contributed by atoms with Gasteiger partial charge in [0.25, 0.3) is 11.6 Å². The molecule has 0 aromatic heterocycles. The van der Waals surface area contributed by atoms with Crippen molar-refractivity contribution in [2.75, 3.05) is 29.9 Å². The van der Waals surface area contributed by atoms with Crippen molar-refractivity contribution in [2.24, 2.45) is 0 Å². The number of aryl methyl sites for hydroxylation is 1. The Morgan fingerprint density at radius 1 is 1.16 bits per heavy atom. The third kappa shape index (κ3) is 5.43. The summed E-state index contributed by atoms with van der Waals surface area (Å²) in [5.74, 6) is -1.02. The van der Waals surface area contributed by atoms with E-state index >= 15 is 0 Å². The van der Waals surface area contributed by atoms with E-state index in [1.54, 1.807) is 6.07 Å². The van der Waals surface area contributed by atoms with E-state index in [-0.39, 0.29) is 17.2 Å². The van der Waals surface area contributed by atoms with Crippen LogP contribution in [-0.4, -0.2) is 36.5 Å². The number of esters is 1. The molecule has 0 atom stereocenters. The Morgan fingerprint density at radius 2 is 1.88 bits per heavy atom. The fourth-order valence-corrected chi connectivity index (χ4v) is 3.93. The van der Waals surface area contributed by atoms with E-state index in [1.807, 2.05) is 43.9 Å². The van der Waals surface area contributed by atoms with Gasteiger partial charge in [0.1, 0.15) is 5.69 Å². The maximum absolute atomic E-state index is 12.5. The maximum Gasteiger partial charge on any atom is 0.338 e. The van der Waals surface area contributed by atoms with Crippen LogP contribution in [0.15, 0.2) is 36.4 Å². The summed E-state index contributed by atoms with van der Waals surface area (Å²) in [5, 5.41) is 14.4. The third-order valence-corrected chi connectivity index (χ3v) is 5.63. The molecule has 1 N–H and O–H groups in total. The number of piperidine rings is 1. The Labute approximate surface area is 187 Å². The van der Waals surface area contributed by atoms with E-state index in [1.165, 1.54) is 12.1 Å². The summed E-state index contributed by atoms with van der Waals surface area (Å²) in [6.45, 7) is 6.99. The minimum absolute atomic E-state index is 0.0454. The zero-order valence-corrected chi connectivity index (χ0v) is 18.7. The van der Waals surface area contributed by atoms with Crippen LogP contribution in [-0.2, 0) is 9.53 Å². The second kappa shape index (κ2) is 10.3. The van der Waals surface area contributed by atoms with Crippen LogP contribution in [0.5, 0.6) is 0 Å². The monoisotopic (exact) mass is 439 g/mol.